The van der Waals surface area contributed by atoms with Crippen molar-refractivity contribution < 1.29 is 14.3 Å². The summed E-state index contributed by atoms with van der Waals surface area (Å²) in [6, 6.07) is 14.4. The van der Waals surface area contributed by atoms with Gasteiger partial charge in [0.25, 0.3) is 0 Å². The Kier molecular flexibility index (Phi) is 4.53. The van der Waals surface area contributed by atoms with Crippen LogP contribution in [0, 0.1) is 0 Å². The van der Waals surface area contributed by atoms with Crippen molar-refractivity contribution in [3.63, 3.8) is 0 Å². The largest absolute Gasteiger partial charge is 0.465 e. The Morgan fingerprint density at radius 2 is 1.57 bits per heavy atom. The van der Waals surface area contributed by atoms with Gasteiger partial charge < -0.3 is 4.74 Å². The van der Waals surface area contributed by atoms with Crippen LogP contribution in [0.1, 0.15) is 38.3 Å². The summed E-state index contributed by atoms with van der Waals surface area (Å²) in [6.45, 7) is 2.91. The summed E-state index contributed by atoms with van der Waals surface area (Å²) < 4.78 is 4.78. The Bertz CT molecular complexity index is 735. The summed E-state index contributed by atoms with van der Waals surface area (Å²) in [7, 11) is 1.32. The molecule has 0 amide bonds. The van der Waals surface area contributed by atoms with E-state index in [2.05, 4.69) is 4.90 Å². The number of carbonyl (C=O) groups excluding carboxylic acids is 2. The predicted molar refractivity (Wildman–Crippen MR) is 87.6 cm³/mol. The van der Waals surface area contributed by atoms with Gasteiger partial charge in [-0.2, -0.15) is 0 Å². The molecule has 0 aromatic heterocycles. The third kappa shape index (κ3) is 3.17. The van der Waals surface area contributed by atoms with E-state index >= 15 is 0 Å². The molecule has 0 aliphatic carbocycles. The highest BCUT2D eigenvalue weighted by Crippen LogP contribution is 2.21. The van der Waals surface area contributed by atoms with Crippen molar-refractivity contribution in [3.05, 3.63) is 70.8 Å². The van der Waals surface area contributed by atoms with Gasteiger partial charge in [0, 0.05) is 17.7 Å². The maximum atomic E-state index is 13.0. The summed E-state index contributed by atoms with van der Waals surface area (Å²) in [5.74, 6) is -0.628. The van der Waals surface area contributed by atoms with Crippen molar-refractivity contribution in [1.29, 1.82) is 0 Å². The van der Waals surface area contributed by atoms with Crippen molar-refractivity contribution in [1.82, 2.24) is 4.90 Å². The molecule has 1 saturated heterocycles. The number of nitrogens with zero attached hydrogens (tertiary/aromatic N) is 1. The Hall–Kier alpha value is -2.46. The van der Waals surface area contributed by atoms with Crippen LogP contribution < -0.4 is 0 Å². The van der Waals surface area contributed by atoms with Crippen LogP contribution in [0.5, 0.6) is 0 Å². The molecule has 2 aromatic rings. The first-order valence-corrected chi connectivity index (χ1v) is 7.73. The number of likely N-dealkylation sites (tertiary alicyclic amines) is 1. The number of hydrogen-bond acceptors (Lipinski definition) is 4. The lowest BCUT2D eigenvalue weighted by Crippen LogP contribution is -2.36. The van der Waals surface area contributed by atoms with E-state index in [0.29, 0.717) is 16.7 Å². The second kappa shape index (κ2) is 6.75. The highest BCUT2D eigenvalue weighted by atomic mass is 16.5. The third-order valence-electron chi connectivity index (χ3n) is 4.18. The summed E-state index contributed by atoms with van der Waals surface area (Å²) in [5, 5.41) is 0. The Balaban J connectivity index is 1.96. The molecule has 1 heterocycles. The van der Waals surface area contributed by atoms with E-state index in [1.807, 2.05) is 24.3 Å². The number of methoxy groups -OCH3 is 1. The minimum absolute atomic E-state index is 0.137. The molecule has 3 rings (SSSR count). The van der Waals surface area contributed by atoms with Crippen molar-refractivity contribution in [2.75, 3.05) is 20.2 Å². The fourth-order valence-corrected chi connectivity index (χ4v) is 2.77. The molecule has 0 saturated carbocycles. The molecule has 23 heavy (non-hydrogen) atoms. The SMILES string of the molecule is COC(=O)c1ccccc1C(=O)c1ccccc1CN1CCC1. The Labute approximate surface area is 135 Å². The molecule has 4 nitrogen and oxygen atoms in total. The molecule has 0 atom stereocenters. The molecule has 1 aliphatic heterocycles. The smallest absolute Gasteiger partial charge is 0.338 e. The molecular formula is C19H19NO3. The first kappa shape index (κ1) is 15.4. The molecule has 118 valence electrons. The van der Waals surface area contributed by atoms with Gasteiger partial charge in [-0.25, -0.2) is 4.79 Å². The van der Waals surface area contributed by atoms with Crippen LogP contribution in [-0.4, -0.2) is 36.9 Å². The fraction of sp³-hybridized carbons (Fsp3) is 0.263. The maximum Gasteiger partial charge on any atom is 0.338 e. The summed E-state index contributed by atoms with van der Waals surface area (Å²) in [6.07, 6.45) is 1.21. The third-order valence-corrected chi connectivity index (χ3v) is 4.18. The first-order valence-electron chi connectivity index (χ1n) is 7.73. The maximum absolute atomic E-state index is 13.0. The predicted octanol–water partition coefficient (Wildman–Crippen LogP) is 2.91. The molecule has 4 heteroatoms. The standard InChI is InChI=1S/C19H19NO3/c1-23-19(22)17-10-5-4-9-16(17)18(21)15-8-3-2-7-14(15)13-20-11-6-12-20/h2-5,7-10H,6,11-13H2,1H3. The number of esters is 1. The monoisotopic (exact) mass is 309 g/mol. The number of rotatable bonds is 5. The highest BCUT2D eigenvalue weighted by molar-refractivity contribution is 6.15. The highest BCUT2D eigenvalue weighted by Gasteiger charge is 2.22. The van der Waals surface area contributed by atoms with Crippen LogP contribution >= 0.6 is 0 Å². The minimum Gasteiger partial charge on any atom is -0.465 e. The zero-order chi connectivity index (χ0) is 16.2. The molecular weight excluding hydrogens is 290 g/mol. The summed E-state index contributed by atoms with van der Waals surface area (Å²) in [4.78, 5) is 27.2. The topological polar surface area (TPSA) is 46.6 Å². The molecule has 1 fully saturated rings. The second-order valence-corrected chi connectivity index (χ2v) is 5.65. The van der Waals surface area contributed by atoms with Gasteiger partial charge in [0.15, 0.2) is 5.78 Å². The summed E-state index contributed by atoms with van der Waals surface area (Å²) in [5.41, 5.74) is 2.33. The van der Waals surface area contributed by atoms with Crippen LogP contribution in [0.4, 0.5) is 0 Å². The zero-order valence-electron chi connectivity index (χ0n) is 13.1. The number of hydrogen-bond donors (Lipinski definition) is 0. The van der Waals surface area contributed by atoms with Crippen LogP contribution in [0.2, 0.25) is 0 Å². The van der Waals surface area contributed by atoms with Crippen molar-refractivity contribution in [3.8, 4) is 0 Å². The summed E-state index contributed by atoms with van der Waals surface area (Å²) >= 11 is 0. The molecule has 0 spiro atoms. The van der Waals surface area contributed by atoms with Gasteiger partial charge in [-0.1, -0.05) is 42.5 Å². The van der Waals surface area contributed by atoms with Gasteiger partial charge in [-0.15, -0.1) is 0 Å². The van der Waals surface area contributed by atoms with Crippen LogP contribution in [0.25, 0.3) is 0 Å². The Morgan fingerprint density at radius 1 is 0.957 bits per heavy atom. The molecule has 0 unspecified atom stereocenters. The van der Waals surface area contributed by atoms with E-state index < -0.39 is 5.97 Å². The normalized spacial score (nSPS) is 14.1. The average molecular weight is 309 g/mol. The van der Waals surface area contributed by atoms with E-state index in [0.717, 1.165) is 25.2 Å². The molecule has 0 N–H and O–H groups in total. The van der Waals surface area contributed by atoms with Crippen LogP contribution in [0.15, 0.2) is 48.5 Å². The number of ketones is 1. The van der Waals surface area contributed by atoms with E-state index in [1.165, 1.54) is 13.5 Å². The fourth-order valence-electron chi connectivity index (χ4n) is 2.77. The Morgan fingerprint density at radius 3 is 2.17 bits per heavy atom. The lowest BCUT2D eigenvalue weighted by Gasteiger charge is -2.31. The quantitative estimate of drug-likeness (QED) is 0.629. The lowest BCUT2D eigenvalue weighted by molar-refractivity contribution is 0.0597. The second-order valence-electron chi connectivity index (χ2n) is 5.65. The van der Waals surface area contributed by atoms with Gasteiger partial charge in [-0.3, -0.25) is 9.69 Å². The van der Waals surface area contributed by atoms with Crippen molar-refractivity contribution in [2.24, 2.45) is 0 Å². The molecule has 1 aliphatic rings. The average Bonchev–Trinajstić information content (AvgIpc) is 2.57. The van der Waals surface area contributed by atoms with Gasteiger partial charge in [-0.05, 0) is 31.1 Å². The zero-order valence-corrected chi connectivity index (χ0v) is 13.1. The van der Waals surface area contributed by atoms with Gasteiger partial charge in [0.05, 0.1) is 12.7 Å². The van der Waals surface area contributed by atoms with E-state index in [1.54, 1.807) is 24.3 Å². The van der Waals surface area contributed by atoms with Gasteiger partial charge >= 0.3 is 5.97 Å². The minimum atomic E-state index is -0.492. The van der Waals surface area contributed by atoms with E-state index in [-0.39, 0.29) is 5.78 Å². The van der Waals surface area contributed by atoms with E-state index in [4.69, 9.17) is 4.74 Å². The van der Waals surface area contributed by atoms with Crippen LogP contribution in [-0.2, 0) is 11.3 Å². The van der Waals surface area contributed by atoms with E-state index in [9.17, 15) is 9.59 Å². The van der Waals surface area contributed by atoms with Crippen molar-refractivity contribution in [2.45, 2.75) is 13.0 Å². The number of benzene rings is 2. The molecule has 0 radical (unpaired) electrons. The van der Waals surface area contributed by atoms with Gasteiger partial charge in [0.1, 0.15) is 0 Å². The number of ether oxygens (including phenoxy) is 1. The van der Waals surface area contributed by atoms with Gasteiger partial charge in [0.2, 0.25) is 0 Å². The number of carbonyl (C=O) groups is 2. The van der Waals surface area contributed by atoms with Crippen molar-refractivity contribution >= 4 is 11.8 Å². The van der Waals surface area contributed by atoms with Crippen LogP contribution in [0.3, 0.4) is 0 Å². The molecule has 2 aromatic carbocycles. The molecule has 0 bridgehead atoms. The first-order chi connectivity index (χ1) is 11.2. The lowest BCUT2D eigenvalue weighted by atomic mass is 9.94.